The maximum atomic E-state index is 12.3. The van der Waals surface area contributed by atoms with Gasteiger partial charge in [0.2, 0.25) is 5.91 Å². The van der Waals surface area contributed by atoms with Crippen molar-refractivity contribution in [1.29, 1.82) is 0 Å². The summed E-state index contributed by atoms with van der Waals surface area (Å²) in [6.07, 6.45) is 4.24. The number of ether oxygens (including phenoxy) is 1. The van der Waals surface area contributed by atoms with Gasteiger partial charge in [0.05, 0.1) is 18.2 Å². The van der Waals surface area contributed by atoms with E-state index in [4.69, 9.17) is 4.74 Å². The zero-order valence-electron chi connectivity index (χ0n) is 12.9. The lowest BCUT2D eigenvalue weighted by molar-refractivity contribution is -0.129. The largest absolute Gasteiger partial charge is 0.447 e. The molecule has 6 nitrogen and oxygen atoms in total. The summed E-state index contributed by atoms with van der Waals surface area (Å²) in [7, 11) is 0. The Balaban J connectivity index is 1.70. The van der Waals surface area contributed by atoms with Gasteiger partial charge >= 0.3 is 6.09 Å². The van der Waals surface area contributed by atoms with Crippen LogP contribution in [-0.4, -0.2) is 51.5 Å². The number of hydrogen-bond donors (Lipinski definition) is 0. The second-order valence-corrected chi connectivity index (χ2v) is 6.14. The van der Waals surface area contributed by atoms with Crippen LogP contribution in [0.1, 0.15) is 32.3 Å². The van der Waals surface area contributed by atoms with E-state index in [0.717, 1.165) is 12.0 Å². The number of likely N-dealkylation sites (tertiary alicyclic amines) is 2. The van der Waals surface area contributed by atoms with Crippen molar-refractivity contribution in [2.75, 3.05) is 6.54 Å². The Morgan fingerprint density at radius 1 is 1.45 bits per heavy atom. The van der Waals surface area contributed by atoms with E-state index in [0.29, 0.717) is 19.5 Å². The molecule has 0 aliphatic carbocycles. The third-order valence-corrected chi connectivity index (χ3v) is 4.26. The molecule has 118 valence electrons. The third kappa shape index (κ3) is 2.77. The molecule has 2 aliphatic rings. The van der Waals surface area contributed by atoms with Crippen molar-refractivity contribution in [2.24, 2.45) is 0 Å². The number of pyridine rings is 1. The topological polar surface area (TPSA) is 62.7 Å². The van der Waals surface area contributed by atoms with E-state index in [1.165, 1.54) is 0 Å². The average Bonchev–Trinajstić information content (AvgIpc) is 3.00. The highest BCUT2D eigenvalue weighted by Crippen LogP contribution is 2.33. The van der Waals surface area contributed by atoms with E-state index in [2.05, 4.69) is 4.98 Å². The fourth-order valence-electron chi connectivity index (χ4n) is 3.32. The van der Waals surface area contributed by atoms with Crippen LogP contribution in [-0.2, 0) is 16.1 Å². The van der Waals surface area contributed by atoms with E-state index in [-0.39, 0.29) is 30.2 Å². The molecule has 3 rings (SSSR count). The Hall–Kier alpha value is -2.11. The molecule has 6 heteroatoms. The molecule has 0 bridgehead atoms. The third-order valence-electron chi connectivity index (χ3n) is 4.26. The maximum Gasteiger partial charge on any atom is 0.410 e. The molecule has 0 saturated carbocycles. The Bertz CT molecular complexity index is 561. The standard InChI is InChI=1S/C16H21N3O3/c1-11(2)22-16(21)18-7-5-13-14(18)8-15(20)19(13)10-12-4-3-6-17-9-12/h3-4,6,9,11,13-14H,5,7-8,10H2,1-2H3/t13-,14-/m0/s1. The van der Waals surface area contributed by atoms with Crippen LogP contribution < -0.4 is 0 Å². The van der Waals surface area contributed by atoms with E-state index < -0.39 is 0 Å². The Morgan fingerprint density at radius 2 is 2.27 bits per heavy atom. The SMILES string of the molecule is CC(C)OC(=O)N1CC[C@H]2[C@@H]1CC(=O)N2Cc1cccnc1. The zero-order valence-corrected chi connectivity index (χ0v) is 12.9. The number of nitrogens with zero attached hydrogens (tertiary/aromatic N) is 3. The predicted octanol–water partition coefficient (Wildman–Crippen LogP) is 1.80. The molecule has 0 aromatic carbocycles. The monoisotopic (exact) mass is 303 g/mol. The van der Waals surface area contributed by atoms with Gasteiger partial charge in [-0.15, -0.1) is 0 Å². The average molecular weight is 303 g/mol. The summed E-state index contributed by atoms with van der Waals surface area (Å²) in [5.74, 6) is 0.0981. The Morgan fingerprint density at radius 3 is 2.95 bits per heavy atom. The highest BCUT2D eigenvalue weighted by molar-refractivity contribution is 5.82. The summed E-state index contributed by atoms with van der Waals surface area (Å²) in [5, 5.41) is 0. The molecule has 22 heavy (non-hydrogen) atoms. The number of carbonyl (C=O) groups excluding carboxylic acids is 2. The first-order chi connectivity index (χ1) is 10.6. The lowest BCUT2D eigenvalue weighted by atomic mass is 10.1. The van der Waals surface area contributed by atoms with Crippen LogP contribution in [0.15, 0.2) is 24.5 Å². The van der Waals surface area contributed by atoms with Gasteiger partial charge in [0.1, 0.15) is 0 Å². The molecule has 2 saturated heterocycles. The fraction of sp³-hybridized carbons (Fsp3) is 0.562. The van der Waals surface area contributed by atoms with Crippen molar-refractivity contribution in [3.05, 3.63) is 30.1 Å². The highest BCUT2D eigenvalue weighted by atomic mass is 16.6. The van der Waals surface area contributed by atoms with E-state index >= 15 is 0 Å². The number of fused-ring (bicyclic) bond motifs is 1. The molecular weight excluding hydrogens is 282 g/mol. The van der Waals surface area contributed by atoms with Crippen molar-refractivity contribution in [3.63, 3.8) is 0 Å². The zero-order chi connectivity index (χ0) is 15.7. The van der Waals surface area contributed by atoms with Gasteiger partial charge in [-0.3, -0.25) is 9.78 Å². The van der Waals surface area contributed by atoms with E-state index in [9.17, 15) is 9.59 Å². The van der Waals surface area contributed by atoms with Gasteiger partial charge in [-0.2, -0.15) is 0 Å². The van der Waals surface area contributed by atoms with Crippen LogP contribution in [0, 0.1) is 0 Å². The van der Waals surface area contributed by atoms with Gasteiger partial charge in [-0.1, -0.05) is 6.07 Å². The molecule has 3 heterocycles. The lowest BCUT2D eigenvalue weighted by Gasteiger charge is -2.25. The first-order valence-electron chi connectivity index (χ1n) is 7.72. The van der Waals surface area contributed by atoms with Gasteiger partial charge in [-0.05, 0) is 31.9 Å². The summed E-state index contributed by atoms with van der Waals surface area (Å²) in [6, 6.07) is 3.87. The van der Waals surface area contributed by atoms with Gasteiger partial charge in [0.25, 0.3) is 0 Å². The second kappa shape index (κ2) is 5.94. The summed E-state index contributed by atoms with van der Waals surface area (Å²) < 4.78 is 5.28. The molecule has 2 aliphatic heterocycles. The highest BCUT2D eigenvalue weighted by Gasteiger charge is 2.48. The molecule has 2 fully saturated rings. The Kier molecular flexibility index (Phi) is 4.00. The van der Waals surface area contributed by atoms with Crippen molar-refractivity contribution < 1.29 is 14.3 Å². The van der Waals surface area contributed by atoms with Crippen LogP contribution in [0.25, 0.3) is 0 Å². The van der Waals surface area contributed by atoms with Crippen LogP contribution in [0.4, 0.5) is 4.79 Å². The molecule has 0 unspecified atom stereocenters. The quantitative estimate of drug-likeness (QED) is 0.854. The summed E-state index contributed by atoms with van der Waals surface area (Å²) in [4.78, 5) is 32.1. The summed E-state index contributed by atoms with van der Waals surface area (Å²) in [5.41, 5.74) is 1.01. The molecule has 2 atom stereocenters. The second-order valence-electron chi connectivity index (χ2n) is 6.14. The first kappa shape index (κ1) is 14.8. The number of amides is 2. The number of rotatable bonds is 3. The van der Waals surface area contributed by atoms with E-state index in [1.54, 1.807) is 17.3 Å². The maximum absolute atomic E-state index is 12.3. The molecular formula is C16H21N3O3. The smallest absolute Gasteiger partial charge is 0.410 e. The minimum absolute atomic E-state index is 0.0598. The molecule has 0 N–H and O–H groups in total. The van der Waals surface area contributed by atoms with Crippen molar-refractivity contribution in [1.82, 2.24) is 14.8 Å². The van der Waals surface area contributed by atoms with Gasteiger partial charge in [0.15, 0.2) is 0 Å². The normalized spacial score (nSPS) is 24.0. The van der Waals surface area contributed by atoms with Gasteiger partial charge in [-0.25, -0.2) is 4.79 Å². The fourth-order valence-corrected chi connectivity index (χ4v) is 3.32. The van der Waals surface area contributed by atoms with Gasteiger partial charge < -0.3 is 14.5 Å². The van der Waals surface area contributed by atoms with Crippen molar-refractivity contribution >= 4 is 12.0 Å². The van der Waals surface area contributed by atoms with Crippen molar-refractivity contribution in [2.45, 2.75) is 51.4 Å². The summed E-state index contributed by atoms with van der Waals surface area (Å²) in [6.45, 7) is 4.87. The minimum atomic E-state index is -0.307. The Labute approximate surface area is 130 Å². The minimum Gasteiger partial charge on any atom is -0.447 e. The van der Waals surface area contributed by atoms with Crippen LogP contribution in [0.5, 0.6) is 0 Å². The van der Waals surface area contributed by atoms with Crippen molar-refractivity contribution in [3.8, 4) is 0 Å². The molecule has 2 amide bonds. The summed E-state index contributed by atoms with van der Waals surface area (Å²) >= 11 is 0. The van der Waals surface area contributed by atoms with Crippen LogP contribution in [0.3, 0.4) is 0 Å². The molecule has 1 aromatic rings. The number of aromatic nitrogens is 1. The van der Waals surface area contributed by atoms with Crippen LogP contribution in [0.2, 0.25) is 0 Å². The van der Waals surface area contributed by atoms with E-state index in [1.807, 2.05) is 30.9 Å². The number of hydrogen-bond acceptors (Lipinski definition) is 4. The molecule has 0 spiro atoms. The molecule has 0 radical (unpaired) electrons. The number of carbonyl (C=O) groups is 2. The first-order valence-corrected chi connectivity index (χ1v) is 7.72. The lowest BCUT2D eigenvalue weighted by Crippen LogP contribution is -2.40. The predicted molar refractivity (Wildman–Crippen MR) is 79.9 cm³/mol. The molecule has 1 aromatic heterocycles. The van der Waals surface area contributed by atoms with Crippen LogP contribution >= 0.6 is 0 Å². The van der Waals surface area contributed by atoms with Gasteiger partial charge in [0, 0.05) is 31.9 Å².